The van der Waals surface area contributed by atoms with Gasteiger partial charge in [0, 0.05) is 15.4 Å². The molecule has 1 aliphatic heterocycles. The highest BCUT2D eigenvalue weighted by Gasteiger charge is 2.15. The van der Waals surface area contributed by atoms with Gasteiger partial charge in [0.2, 0.25) is 0 Å². The van der Waals surface area contributed by atoms with Crippen LogP contribution in [0.25, 0.3) is 10.5 Å². The van der Waals surface area contributed by atoms with Crippen molar-refractivity contribution in [2.75, 3.05) is 13.2 Å². The van der Waals surface area contributed by atoms with Gasteiger partial charge in [-0.05, 0) is 67.0 Å². The van der Waals surface area contributed by atoms with E-state index in [1.54, 1.807) is 11.8 Å². The van der Waals surface area contributed by atoms with Gasteiger partial charge in [-0.1, -0.05) is 72.4 Å². The average Bonchev–Trinajstić information content (AvgIpc) is 2.86. The maximum Gasteiger partial charge on any atom is 0.161 e. The van der Waals surface area contributed by atoms with Crippen molar-refractivity contribution in [3.63, 3.8) is 0 Å². The molecule has 0 spiro atoms. The lowest BCUT2D eigenvalue weighted by Gasteiger charge is -2.17. The van der Waals surface area contributed by atoms with Crippen molar-refractivity contribution in [1.82, 2.24) is 0 Å². The van der Waals surface area contributed by atoms with Crippen molar-refractivity contribution in [2.24, 2.45) is 0 Å². The fraction of sp³-hybridized carbons (Fsp3) is 0.138. The molecule has 1 aliphatic rings. The minimum atomic E-state index is 0.430. The summed E-state index contributed by atoms with van der Waals surface area (Å²) >= 11 is 1.68. The van der Waals surface area contributed by atoms with Crippen LogP contribution in [0.2, 0.25) is 0 Å². The van der Waals surface area contributed by atoms with Gasteiger partial charge in [-0.2, -0.15) is 0 Å². The lowest BCUT2D eigenvalue weighted by molar-refractivity contribution is 0.288. The second-order valence-electron chi connectivity index (χ2n) is 7.43. The predicted octanol–water partition coefficient (Wildman–Crippen LogP) is 7.61. The molecule has 1 heterocycles. The zero-order valence-electron chi connectivity index (χ0n) is 18.9. The lowest BCUT2D eigenvalue weighted by atomic mass is 10.0. The van der Waals surface area contributed by atoms with Gasteiger partial charge in [0.15, 0.2) is 11.5 Å². The molecule has 0 radical (unpaired) electrons. The molecule has 3 nitrogen and oxygen atoms in total. The summed E-state index contributed by atoms with van der Waals surface area (Å²) in [6, 6.07) is 26.4. The van der Waals surface area contributed by atoms with Gasteiger partial charge in [0.05, 0.1) is 18.9 Å². The van der Waals surface area contributed by atoms with Crippen LogP contribution in [0.1, 0.15) is 30.5 Å². The Bertz CT molecular complexity index is 1210. The summed E-state index contributed by atoms with van der Waals surface area (Å²) < 4.78 is 11.4. The lowest BCUT2D eigenvalue weighted by Crippen LogP contribution is -2.02. The Morgan fingerprint density at radius 3 is 2.09 bits per heavy atom. The molecule has 0 unspecified atom stereocenters. The molecule has 0 aromatic heterocycles. The van der Waals surface area contributed by atoms with E-state index in [1.807, 2.05) is 50.3 Å². The second-order valence-corrected chi connectivity index (χ2v) is 8.55. The molecule has 4 rings (SSSR count). The molecule has 0 amide bonds. The molecule has 0 saturated heterocycles. The van der Waals surface area contributed by atoms with Crippen LogP contribution in [0.4, 0.5) is 0 Å². The van der Waals surface area contributed by atoms with Crippen molar-refractivity contribution >= 4 is 28.0 Å². The Hall–Kier alpha value is -3.50. The average molecular weight is 454 g/mol. The molecule has 3 aromatic carbocycles. The monoisotopic (exact) mass is 453 g/mol. The molecule has 0 aliphatic carbocycles. The van der Waals surface area contributed by atoms with E-state index in [2.05, 4.69) is 60.7 Å². The molecule has 1 N–H and O–H groups in total. The second kappa shape index (κ2) is 10.9. The number of hydrogen-bond acceptors (Lipinski definition) is 4. The van der Waals surface area contributed by atoms with E-state index in [1.165, 1.54) is 5.56 Å². The van der Waals surface area contributed by atoms with Crippen molar-refractivity contribution in [1.29, 1.82) is 5.41 Å². The first-order chi connectivity index (χ1) is 16.2. The van der Waals surface area contributed by atoms with Crippen LogP contribution in [-0.4, -0.2) is 18.9 Å². The largest absolute Gasteiger partial charge is 0.490 e. The fourth-order valence-corrected chi connectivity index (χ4v) is 4.64. The predicted molar refractivity (Wildman–Crippen MR) is 140 cm³/mol. The summed E-state index contributed by atoms with van der Waals surface area (Å²) in [4.78, 5) is 2.18. The third-order valence-electron chi connectivity index (χ3n) is 5.12. The third kappa shape index (κ3) is 5.65. The number of benzene rings is 3. The van der Waals surface area contributed by atoms with E-state index in [4.69, 9.17) is 14.9 Å². The first-order valence-corrected chi connectivity index (χ1v) is 11.9. The fourth-order valence-electron chi connectivity index (χ4n) is 3.58. The molecule has 166 valence electrons. The Kier molecular flexibility index (Phi) is 7.48. The van der Waals surface area contributed by atoms with Gasteiger partial charge in [-0.15, -0.1) is 0 Å². The third-order valence-corrected chi connectivity index (χ3v) is 6.16. The number of allylic oxidation sites excluding steroid dienone is 4. The van der Waals surface area contributed by atoms with Gasteiger partial charge in [0.25, 0.3) is 0 Å². The minimum absolute atomic E-state index is 0.430. The van der Waals surface area contributed by atoms with Gasteiger partial charge >= 0.3 is 0 Å². The van der Waals surface area contributed by atoms with E-state index < -0.39 is 0 Å². The molecule has 4 heteroatoms. The van der Waals surface area contributed by atoms with Crippen LogP contribution in [-0.2, 0) is 0 Å². The number of ether oxygens (including phenoxy) is 2. The molecule has 0 saturated carbocycles. The molecule has 0 atom stereocenters. The standard InChI is InChI=1S/C29H27NO2S/c1-3-31-27-16-15-23(18-28(27)32-4-2)26(30)20-25-17-24(21-11-7-5-8-12-21)19-29(33-25)22-13-9-6-10-14-22/h5-20,30H,3-4H2,1-2H3. The zero-order chi connectivity index (χ0) is 23.0. The summed E-state index contributed by atoms with van der Waals surface area (Å²) in [5.41, 5.74) is 4.68. The van der Waals surface area contributed by atoms with Crippen LogP contribution in [0, 0.1) is 5.41 Å². The van der Waals surface area contributed by atoms with Crippen LogP contribution in [0.15, 0.2) is 102 Å². The van der Waals surface area contributed by atoms with Crippen molar-refractivity contribution < 1.29 is 9.47 Å². The molecule has 33 heavy (non-hydrogen) atoms. The van der Waals surface area contributed by atoms with E-state index >= 15 is 0 Å². The number of nitrogens with one attached hydrogen (secondary N) is 1. The minimum Gasteiger partial charge on any atom is -0.490 e. The van der Waals surface area contributed by atoms with Gasteiger partial charge in [-0.25, -0.2) is 0 Å². The number of hydrogen-bond donors (Lipinski definition) is 1. The zero-order valence-corrected chi connectivity index (χ0v) is 19.7. The van der Waals surface area contributed by atoms with Crippen molar-refractivity contribution in [2.45, 2.75) is 13.8 Å². The van der Waals surface area contributed by atoms with Crippen molar-refractivity contribution in [3.05, 3.63) is 119 Å². The highest BCUT2D eigenvalue weighted by atomic mass is 32.2. The van der Waals surface area contributed by atoms with Crippen LogP contribution >= 0.6 is 11.8 Å². The summed E-state index contributed by atoms with van der Waals surface area (Å²) in [5.74, 6) is 1.37. The van der Waals surface area contributed by atoms with Crippen LogP contribution in [0.3, 0.4) is 0 Å². The first kappa shape index (κ1) is 22.7. The maximum absolute atomic E-state index is 8.77. The summed E-state index contributed by atoms with van der Waals surface area (Å²) in [6.45, 7) is 5.01. The highest BCUT2D eigenvalue weighted by Crippen LogP contribution is 2.42. The molecule has 0 bridgehead atoms. The quantitative estimate of drug-likeness (QED) is 0.357. The molecular weight excluding hydrogens is 426 g/mol. The normalized spacial score (nSPS) is 14.4. The number of thioether (sulfide) groups is 1. The van der Waals surface area contributed by atoms with Crippen LogP contribution < -0.4 is 9.47 Å². The molecule has 0 fully saturated rings. The van der Waals surface area contributed by atoms with E-state index in [0.29, 0.717) is 30.4 Å². The summed E-state index contributed by atoms with van der Waals surface area (Å²) in [5, 5.41) is 8.77. The summed E-state index contributed by atoms with van der Waals surface area (Å²) in [6.07, 6.45) is 6.30. The Morgan fingerprint density at radius 2 is 1.42 bits per heavy atom. The first-order valence-electron chi connectivity index (χ1n) is 11.1. The Balaban J connectivity index is 1.69. The van der Waals surface area contributed by atoms with Gasteiger partial charge in [0.1, 0.15) is 0 Å². The van der Waals surface area contributed by atoms with Gasteiger partial charge in [-0.3, -0.25) is 0 Å². The smallest absolute Gasteiger partial charge is 0.161 e. The topological polar surface area (TPSA) is 42.3 Å². The van der Waals surface area contributed by atoms with E-state index in [0.717, 1.165) is 26.5 Å². The summed E-state index contributed by atoms with van der Waals surface area (Å²) in [7, 11) is 0. The van der Waals surface area contributed by atoms with Gasteiger partial charge < -0.3 is 14.9 Å². The van der Waals surface area contributed by atoms with Crippen LogP contribution in [0.5, 0.6) is 11.5 Å². The number of rotatable bonds is 8. The van der Waals surface area contributed by atoms with E-state index in [-0.39, 0.29) is 0 Å². The highest BCUT2D eigenvalue weighted by molar-refractivity contribution is 8.12. The van der Waals surface area contributed by atoms with Crippen molar-refractivity contribution in [3.8, 4) is 11.5 Å². The Labute approximate surface area is 200 Å². The SMILES string of the molecule is CCOc1ccc(C(=N)C=C2C=C(c3ccccc3)C=C(c3ccccc3)S2)cc1OCC. The Morgan fingerprint density at radius 1 is 0.788 bits per heavy atom. The van der Waals surface area contributed by atoms with E-state index in [9.17, 15) is 0 Å². The molecule has 3 aromatic rings. The maximum atomic E-state index is 8.77. The molecular formula is C29H27NO2S.